The van der Waals surface area contributed by atoms with Gasteiger partial charge in [0.2, 0.25) is 11.8 Å². The Morgan fingerprint density at radius 2 is 1.88 bits per heavy atom. The Bertz CT molecular complexity index is 997. The molecule has 0 aliphatic carbocycles. The number of aromatic nitrogens is 5. The summed E-state index contributed by atoms with van der Waals surface area (Å²) < 4.78 is 5.12. The second kappa shape index (κ2) is 5.96. The van der Waals surface area contributed by atoms with Crippen LogP contribution in [0, 0.1) is 0 Å². The molecule has 2 N–H and O–H groups in total. The number of H-pyrrole nitrogens is 1. The molecule has 0 bridgehead atoms. The summed E-state index contributed by atoms with van der Waals surface area (Å²) >= 11 is 0. The maximum absolute atomic E-state index is 5.12. The first-order chi connectivity index (χ1) is 11.8. The van der Waals surface area contributed by atoms with Crippen LogP contribution in [0.5, 0.6) is 5.88 Å². The van der Waals surface area contributed by atoms with Gasteiger partial charge in [-0.1, -0.05) is 0 Å². The minimum atomic E-state index is 0.501. The van der Waals surface area contributed by atoms with Crippen molar-refractivity contribution in [2.24, 2.45) is 0 Å². The summed E-state index contributed by atoms with van der Waals surface area (Å²) in [5, 5.41) is 4.19. The molecule has 7 heteroatoms. The highest BCUT2D eigenvalue weighted by atomic mass is 16.5. The van der Waals surface area contributed by atoms with Gasteiger partial charge in [0, 0.05) is 47.5 Å². The fourth-order valence-electron chi connectivity index (χ4n) is 2.48. The van der Waals surface area contributed by atoms with Gasteiger partial charge in [0.15, 0.2) is 0 Å². The Balaban J connectivity index is 1.70. The van der Waals surface area contributed by atoms with Crippen LogP contribution in [0.3, 0.4) is 0 Å². The normalized spacial score (nSPS) is 10.7. The van der Waals surface area contributed by atoms with Crippen LogP contribution in [0.4, 0.5) is 11.6 Å². The van der Waals surface area contributed by atoms with E-state index in [2.05, 4.69) is 30.2 Å². The monoisotopic (exact) mass is 318 g/mol. The predicted octanol–water partition coefficient (Wildman–Crippen LogP) is 3.17. The van der Waals surface area contributed by atoms with Crippen LogP contribution < -0.4 is 10.1 Å². The third-order valence-electron chi connectivity index (χ3n) is 3.59. The van der Waals surface area contributed by atoms with Gasteiger partial charge in [-0.25, -0.2) is 19.9 Å². The summed E-state index contributed by atoms with van der Waals surface area (Å²) in [6.45, 7) is 0. The van der Waals surface area contributed by atoms with Crippen LogP contribution in [0.1, 0.15) is 0 Å². The molecule has 4 aromatic rings. The quantitative estimate of drug-likeness (QED) is 0.601. The standard InChI is InChI=1S/C17H14N6O/c1-24-15-10-11(2-6-18-15)22-17-21-9-5-14(23-17)12-3-7-19-16-13(12)4-8-20-16/h2-10H,1H3,(H,19,20)(H,18,21,22,23). The SMILES string of the molecule is COc1cc(Nc2nccc(-c3ccnc4[nH]ccc34)n2)ccn1. The van der Waals surface area contributed by atoms with Gasteiger partial charge >= 0.3 is 0 Å². The highest BCUT2D eigenvalue weighted by molar-refractivity contribution is 5.91. The Labute approximate surface area is 137 Å². The average Bonchev–Trinajstić information content (AvgIpc) is 3.11. The summed E-state index contributed by atoms with van der Waals surface area (Å²) in [4.78, 5) is 20.4. The van der Waals surface area contributed by atoms with Gasteiger partial charge in [0.05, 0.1) is 12.8 Å². The second-order valence-corrected chi connectivity index (χ2v) is 5.08. The fourth-order valence-corrected chi connectivity index (χ4v) is 2.48. The number of nitrogens with one attached hydrogen (secondary N) is 2. The maximum Gasteiger partial charge on any atom is 0.227 e. The number of anilines is 2. The van der Waals surface area contributed by atoms with Gasteiger partial charge in [0.25, 0.3) is 0 Å². The van der Waals surface area contributed by atoms with Crippen molar-refractivity contribution in [3.63, 3.8) is 0 Å². The molecular weight excluding hydrogens is 304 g/mol. The molecule has 0 unspecified atom stereocenters. The summed E-state index contributed by atoms with van der Waals surface area (Å²) in [6, 6.07) is 9.42. The van der Waals surface area contributed by atoms with Crippen LogP contribution in [0.25, 0.3) is 22.3 Å². The number of fused-ring (bicyclic) bond motifs is 1. The summed E-state index contributed by atoms with van der Waals surface area (Å²) in [6.07, 6.45) is 7.01. The van der Waals surface area contributed by atoms with E-state index in [-0.39, 0.29) is 0 Å². The average molecular weight is 318 g/mol. The highest BCUT2D eigenvalue weighted by Crippen LogP contribution is 2.26. The van der Waals surface area contributed by atoms with Crippen molar-refractivity contribution in [3.8, 4) is 17.1 Å². The zero-order chi connectivity index (χ0) is 16.4. The van der Waals surface area contributed by atoms with E-state index in [1.165, 1.54) is 0 Å². The van der Waals surface area contributed by atoms with E-state index in [9.17, 15) is 0 Å². The van der Waals surface area contributed by atoms with Crippen molar-refractivity contribution in [1.29, 1.82) is 0 Å². The molecule has 4 rings (SSSR count). The van der Waals surface area contributed by atoms with Crippen LogP contribution in [0.2, 0.25) is 0 Å². The number of ether oxygens (including phenoxy) is 1. The number of methoxy groups -OCH3 is 1. The van der Waals surface area contributed by atoms with Crippen LogP contribution in [-0.4, -0.2) is 32.0 Å². The zero-order valence-electron chi connectivity index (χ0n) is 12.9. The zero-order valence-corrected chi connectivity index (χ0v) is 12.9. The maximum atomic E-state index is 5.12. The van der Waals surface area contributed by atoms with E-state index < -0.39 is 0 Å². The third kappa shape index (κ3) is 2.63. The molecule has 0 saturated carbocycles. The molecule has 0 aliphatic rings. The Kier molecular flexibility index (Phi) is 3.51. The van der Waals surface area contributed by atoms with Crippen LogP contribution >= 0.6 is 0 Å². The first-order valence-corrected chi connectivity index (χ1v) is 7.36. The number of hydrogen-bond donors (Lipinski definition) is 2. The van der Waals surface area contributed by atoms with Crippen molar-refractivity contribution in [2.45, 2.75) is 0 Å². The molecule has 4 aromatic heterocycles. The molecule has 0 saturated heterocycles. The van der Waals surface area contributed by atoms with Crippen molar-refractivity contribution in [2.75, 3.05) is 12.4 Å². The van der Waals surface area contributed by atoms with Crippen LogP contribution in [-0.2, 0) is 0 Å². The van der Waals surface area contributed by atoms with E-state index >= 15 is 0 Å². The Morgan fingerprint density at radius 1 is 1.00 bits per heavy atom. The summed E-state index contributed by atoms with van der Waals surface area (Å²) in [5.74, 6) is 1.03. The molecule has 0 aromatic carbocycles. The minimum Gasteiger partial charge on any atom is -0.481 e. The third-order valence-corrected chi connectivity index (χ3v) is 3.59. The number of nitrogens with zero attached hydrogens (tertiary/aromatic N) is 4. The highest BCUT2D eigenvalue weighted by Gasteiger charge is 2.08. The van der Waals surface area contributed by atoms with E-state index in [1.54, 1.807) is 31.8 Å². The molecular formula is C17H14N6O. The molecule has 0 fully saturated rings. The van der Waals surface area contributed by atoms with Crippen molar-refractivity contribution < 1.29 is 4.74 Å². The molecule has 0 spiro atoms. The number of aromatic amines is 1. The second-order valence-electron chi connectivity index (χ2n) is 5.08. The summed E-state index contributed by atoms with van der Waals surface area (Å²) in [7, 11) is 1.58. The lowest BCUT2D eigenvalue weighted by Crippen LogP contribution is -1.99. The number of rotatable bonds is 4. The van der Waals surface area contributed by atoms with Gasteiger partial charge in [-0.05, 0) is 24.3 Å². The van der Waals surface area contributed by atoms with Gasteiger partial charge < -0.3 is 15.0 Å². The minimum absolute atomic E-state index is 0.501. The fraction of sp³-hybridized carbons (Fsp3) is 0.0588. The lowest BCUT2D eigenvalue weighted by molar-refractivity contribution is 0.398. The van der Waals surface area contributed by atoms with Crippen LogP contribution in [0.15, 0.2) is 55.1 Å². The van der Waals surface area contributed by atoms with Crippen molar-refractivity contribution in [1.82, 2.24) is 24.9 Å². The van der Waals surface area contributed by atoms with Crippen molar-refractivity contribution in [3.05, 3.63) is 55.1 Å². The lowest BCUT2D eigenvalue weighted by Gasteiger charge is -2.08. The predicted molar refractivity (Wildman–Crippen MR) is 91.2 cm³/mol. The van der Waals surface area contributed by atoms with Crippen molar-refractivity contribution >= 4 is 22.7 Å². The van der Waals surface area contributed by atoms with E-state index in [0.717, 1.165) is 28.0 Å². The largest absolute Gasteiger partial charge is 0.481 e. The van der Waals surface area contributed by atoms with Gasteiger partial charge in [0.1, 0.15) is 5.65 Å². The van der Waals surface area contributed by atoms with Gasteiger partial charge in [-0.15, -0.1) is 0 Å². The molecule has 118 valence electrons. The molecule has 0 amide bonds. The molecule has 0 radical (unpaired) electrons. The summed E-state index contributed by atoms with van der Waals surface area (Å²) in [5.41, 5.74) is 3.46. The Hall–Kier alpha value is -3.48. The first-order valence-electron chi connectivity index (χ1n) is 7.36. The lowest BCUT2D eigenvalue weighted by atomic mass is 10.1. The molecule has 0 aliphatic heterocycles. The smallest absolute Gasteiger partial charge is 0.227 e. The molecule has 4 heterocycles. The van der Waals surface area contributed by atoms with E-state index in [0.29, 0.717) is 11.8 Å². The van der Waals surface area contributed by atoms with Gasteiger partial charge in [-0.3, -0.25) is 0 Å². The molecule has 0 atom stereocenters. The van der Waals surface area contributed by atoms with Gasteiger partial charge in [-0.2, -0.15) is 0 Å². The number of hydrogen-bond acceptors (Lipinski definition) is 6. The van der Waals surface area contributed by atoms with E-state index in [1.807, 2.05) is 30.5 Å². The molecule has 7 nitrogen and oxygen atoms in total. The Morgan fingerprint density at radius 3 is 2.79 bits per heavy atom. The molecule has 24 heavy (non-hydrogen) atoms. The topological polar surface area (TPSA) is 88.6 Å². The first kappa shape index (κ1) is 14.1. The number of pyridine rings is 2. The van der Waals surface area contributed by atoms with E-state index in [4.69, 9.17) is 4.74 Å².